The van der Waals surface area contributed by atoms with E-state index >= 15 is 0 Å². The van der Waals surface area contributed by atoms with Crippen molar-refractivity contribution in [1.29, 1.82) is 0 Å². The maximum Gasteiger partial charge on any atom is 0.237 e. The Bertz CT molecular complexity index is 482. The topological polar surface area (TPSA) is 49.4 Å². The summed E-state index contributed by atoms with van der Waals surface area (Å²) in [6.07, 6.45) is 12.4. The molecule has 1 heterocycles. The van der Waals surface area contributed by atoms with E-state index in [9.17, 15) is 9.59 Å². The number of nitrogens with zero attached hydrogens (tertiary/aromatic N) is 1. The van der Waals surface area contributed by atoms with Gasteiger partial charge in [0.15, 0.2) is 0 Å². The molecule has 4 nitrogen and oxygen atoms in total. The predicted molar refractivity (Wildman–Crippen MR) is 97.6 cm³/mol. The second-order valence-corrected chi connectivity index (χ2v) is 7.80. The molecule has 136 valence electrons. The minimum atomic E-state index is -0.980. The predicted octanol–water partition coefficient (Wildman–Crippen LogP) is 3.81. The van der Waals surface area contributed by atoms with Crippen LogP contribution in [0, 0.1) is 5.41 Å². The third-order valence-electron chi connectivity index (χ3n) is 5.58. The molecule has 0 aromatic carbocycles. The van der Waals surface area contributed by atoms with Crippen molar-refractivity contribution in [3.8, 4) is 0 Å². The molecule has 2 aliphatic rings. The van der Waals surface area contributed by atoms with Crippen LogP contribution < -0.4 is 5.32 Å². The Balaban J connectivity index is 1.88. The summed E-state index contributed by atoms with van der Waals surface area (Å²) in [5.41, 5.74) is 0.471. The molecule has 1 aliphatic carbocycles. The first-order chi connectivity index (χ1) is 11.5. The van der Waals surface area contributed by atoms with Gasteiger partial charge in [-0.2, -0.15) is 0 Å². The molecule has 1 atom stereocenters. The lowest BCUT2D eigenvalue weighted by Crippen LogP contribution is -2.54. The standard InChI is InChI=1S/C20H34N2O2/c1-4-17-12-8-9-15-22(17)19(24)20(2,3)18(23)21-14-13-16-10-6-5-7-11-16/h10,17H,4-9,11-15H2,1-3H3,(H,21,23). The van der Waals surface area contributed by atoms with E-state index in [1.807, 2.05) is 4.90 Å². The van der Waals surface area contributed by atoms with Gasteiger partial charge in [-0.25, -0.2) is 0 Å². The first-order valence-electron chi connectivity index (χ1n) is 9.74. The third-order valence-corrected chi connectivity index (χ3v) is 5.58. The van der Waals surface area contributed by atoms with Crippen LogP contribution in [-0.2, 0) is 9.59 Å². The van der Waals surface area contributed by atoms with Crippen molar-refractivity contribution in [1.82, 2.24) is 10.2 Å². The van der Waals surface area contributed by atoms with Gasteiger partial charge in [-0.1, -0.05) is 18.6 Å². The fraction of sp³-hybridized carbons (Fsp3) is 0.800. The summed E-state index contributed by atoms with van der Waals surface area (Å²) in [6, 6.07) is 0.297. The molecule has 0 aromatic rings. The van der Waals surface area contributed by atoms with Gasteiger partial charge in [-0.05, 0) is 71.6 Å². The molecular formula is C20H34N2O2. The van der Waals surface area contributed by atoms with Crippen molar-refractivity contribution in [3.63, 3.8) is 0 Å². The van der Waals surface area contributed by atoms with Gasteiger partial charge in [0.2, 0.25) is 11.8 Å². The van der Waals surface area contributed by atoms with Crippen LogP contribution >= 0.6 is 0 Å². The van der Waals surface area contributed by atoms with Gasteiger partial charge < -0.3 is 10.2 Å². The van der Waals surface area contributed by atoms with Gasteiger partial charge >= 0.3 is 0 Å². The molecular weight excluding hydrogens is 300 g/mol. The second-order valence-electron chi connectivity index (χ2n) is 7.80. The van der Waals surface area contributed by atoms with Crippen LogP contribution in [0.5, 0.6) is 0 Å². The number of carbonyl (C=O) groups is 2. The van der Waals surface area contributed by atoms with Crippen LogP contribution in [0.15, 0.2) is 11.6 Å². The van der Waals surface area contributed by atoms with Gasteiger partial charge in [-0.3, -0.25) is 9.59 Å². The van der Waals surface area contributed by atoms with Crippen molar-refractivity contribution in [2.24, 2.45) is 5.41 Å². The summed E-state index contributed by atoms with van der Waals surface area (Å²) >= 11 is 0. The first-order valence-corrected chi connectivity index (χ1v) is 9.74. The van der Waals surface area contributed by atoms with E-state index in [0.717, 1.165) is 38.6 Å². The summed E-state index contributed by atoms with van der Waals surface area (Å²) in [5, 5.41) is 3.00. The van der Waals surface area contributed by atoms with E-state index in [1.54, 1.807) is 13.8 Å². The quantitative estimate of drug-likeness (QED) is 0.593. The van der Waals surface area contributed by atoms with Crippen LogP contribution in [0.4, 0.5) is 0 Å². The lowest BCUT2D eigenvalue weighted by Gasteiger charge is -2.39. The van der Waals surface area contributed by atoms with Crippen molar-refractivity contribution in [2.45, 2.75) is 84.6 Å². The highest BCUT2D eigenvalue weighted by Gasteiger charge is 2.41. The third kappa shape index (κ3) is 4.61. The number of carbonyl (C=O) groups excluding carboxylic acids is 2. The van der Waals surface area contributed by atoms with Crippen LogP contribution in [0.25, 0.3) is 0 Å². The second kappa shape index (κ2) is 8.68. The number of amides is 2. The maximum absolute atomic E-state index is 12.9. The summed E-state index contributed by atoms with van der Waals surface area (Å²) in [7, 11) is 0. The number of allylic oxidation sites excluding steroid dienone is 1. The highest BCUT2D eigenvalue weighted by molar-refractivity contribution is 6.04. The Morgan fingerprint density at radius 2 is 2.04 bits per heavy atom. The zero-order valence-corrected chi connectivity index (χ0v) is 15.7. The normalized spacial score (nSPS) is 22.0. The van der Waals surface area contributed by atoms with E-state index in [-0.39, 0.29) is 11.8 Å². The van der Waals surface area contributed by atoms with Gasteiger partial charge in [0.05, 0.1) is 0 Å². The van der Waals surface area contributed by atoms with Gasteiger partial charge in [0.1, 0.15) is 5.41 Å². The number of piperidine rings is 1. The monoisotopic (exact) mass is 334 g/mol. The number of hydrogen-bond donors (Lipinski definition) is 1. The molecule has 2 amide bonds. The van der Waals surface area contributed by atoms with E-state index in [0.29, 0.717) is 12.6 Å². The molecule has 0 aromatic heterocycles. The molecule has 24 heavy (non-hydrogen) atoms. The van der Waals surface area contributed by atoms with Crippen LogP contribution in [-0.4, -0.2) is 35.8 Å². The van der Waals surface area contributed by atoms with E-state index in [2.05, 4.69) is 18.3 Å². The Hall–Kier alpha value is -1.32. The zero-order valence-electron chi connectivity index (χ0n) is 15.7. The molecule has 1 fully saturated rings. The summed E-state index contributed by atoms with van der Waals surface area (Å²) in [5.74, 6) is -0.146. The summed E-state index contributed by atoms with van der Waals surface area (Å²) in [6.45, 7) is 7.10. The number of hydrogen-bond acceptors (Lipinski definition) is 2. The smallest absolute Gasteiger partial charge is 0.237 e. The largest absolute Gasteiger partial charge is 0.355 e. The Morgan fingerprint density at radius 1 is 1.25 bits per heavy atom. The molecule has 1 N–H and O–H groups in total. The molecule has 1 saturated heterocycles. The molecule has 1 unspecified atom stereocenters. The lowest BCUT2D eigenvalue weighted by atomic mass is 9.87. The SMILES string of the molecule is CCC1CCCCN1C(=O)C(C)(C)C(=O)NCCC1=CCCCC1. The fourth-order valence-corrected chi connectivity index (χ4v) is 3.84. The molecule has 0 spiro atoms. The van der Waals surface area contributed by atoms with Crippen molar-refractivity contribution >= 4 is 11.8 Å². The molecule has 0 bridgehead atoms. The van der Waals surface area contributed by atoms with Crippen molar-refractivity contribution < 1.29 is 9.59 Å². The summed E-state index contributed by atoms with van der Waals surface area (Å²) < 4.78 is 0. The molecule has 0 radical (unpaired) electrons. The minimum absolute atomic E-state index is 0.0107. The zero-order chi connectivity index (χ0) is 17.6. The van der Waals surface area contributed by atoms with E-state index in [4.69, 9.17) is 0 Å². The highest BCUT2D eigenvalue weighted by atomic mass is 16.2. The molecule has 0 saturated carbocycles. The van der Waals surface area contributed by atoms with Crippen LogP contribution in [0.3, 0.4) is 0 Å². The average molecular weight is 335 g/mol. The van der Waals surface area contributed by atoms with E-state index < -0.39 is 5.41 Å². The number of rotatable bonds is 6. The lowest BCUT2D eigenvalue weighted by molar-refractivity contribution is -0.151. The van der Waals surface area contributed by atoms with Crippen molar-refractivity contribution in [3.05, 3.63) is 11.6 Å². The Morgan fingerprint density at radius 3 is 2.71 bits per heavy atom. The van der Waals surface area contributed by atoms with Crippen molar-refractivity contribution in [2.75, 3.05) is 13.1 Å². The minimum Gasteiger partial charge on any atom is -0.355 e. The van der Waals surface area contributed by atoms with Crippen LogP contribution in [0.2, 0.25) is 0 Å². The Kier molecular flexibility index (Phi) is 6.88. The molecule has 2 rings (SSSR count). The summed E-state index contributed by atoms with van der Waals surface area (Å²) in [4.78, 5) is 27.5. The van der Waals surface area contributed by atoms with Crippen LogP contribution in [0.1, 0.15) is 78.6 Å². The average Bonchev–Trinajstić information content (AvgIpc) is 2.61. The molecule has 4 heteroatoms. The fourth-order valence-electron chi connectivity index (χ4n) is 3.84. The highest BCUT2D eigenvalue weighted by Crippen LogP contribution is 2.27. The van der Waals surface area contributed by atoms with Gasteiger partial charge in [0, 0.05) is 19.1 Å². The molecule has 1 aliphatic heterocycles. The maximum atomic E-state index is 12.9. The first kappa shape index (κ1) is 19.0. The number of likely N-dealkylation sites (tertiary alicyclic amines) is 1. The van der Waals surface area contributed by atoms with Gasteiger partial charge in [0.25, 0.3) is 0 Å². The van der Waals surface area contributed by atoms with E-state index in [1.165, 1.54) is 31.3 Å². The number of nitrogens with one attached hydrogen (secondary N) is 1. The van der Waals surface area contributed by atoms with Gasteiger partial charge in [-0.15, -0.1) is 0 Å². The Labute approximate surface area is 147 Å².